The Bertz CT molecular complexity index is 975. The van der Waals surface area contributed by atoms with Crippen molar-refractivity contribution in [3.05, 3.63) is 50.8 Å². The van der Waals surface area contributed by atoms with Gasteiger partial charge in [0.2, 0.25) is 15.9 Å². The predicted molar refractivity (Wildman–Crippen MR) is 95.1 cm³/mol. The quantitative estimate of drug-likeness (QED) is 0.765. The molecule has 1 aliphatic rings. The predicted octanol–water partition coefficient (Wildman–Crippen LogP) is 0.890. The fourth-order valence-electron chi connectivity index (χ4n) is 2.80. The molecule has 10 heteroatoms. The molecule has 0 saturated carbocycles. The van der Waals surface area contributed by atoms with Gasteiger partial charge in [-0.2, -0.15) is 4.31 Å². The Labute approximate surface area is 154 Å². The Morgan fingerprint density at radius 2 is 1.85 bits per heavy atom. The molecule has 0 unspecified atom stereocenters. The average molecular weight is 399 g/mol. The Kier molecular flexibility index (Phi) is 5.26. The Morgan fingerprint density at radius 3 is 2.42 bits per heavy atom. The minimum atomic E-state index is -3.94. The summed E-state index contributed by atoms with van der Waals surface area (Å²) in [6.07, 6.45) is 0. The molecule has 1 aromatic heterocycles. The van der Waals surface area contributed by atoms with E-state index in [-0.39, 0.29) is 48.4 Å². The first-order chi connectivity index (χ1) is 12.3. The zero-order valence-electron chi connectivity index (χ0n) is 14.1. The molecule has 0 atom stereocenters. The van der Waals surface area contributed by atoms with Crippen LogP contribution in [0.15, 0.2) is 39.3 Å². The van der Waals surface area contributed by atoms with Crippen LogP contribution in [-0.4, -0.2) is 54.3 Å². The number of aryl methyl sites for hydroxylation is 1. The summed E-state index contributed by atoms with van der Waals surface area (Å²) >= 11 is 1.04. The maximum Gasteiger partial charge on any atom is 0.307 e. The maximum absolute atomic E-state index is 13.8. The first kappa shape index (κ1) is 18.7. The zero-order chi connectivity index (χ0) is 18.9. The molecule has 0 bridgehead atoms. The lowest BCUT2D eigenvalue weighted by atomic mass is 10.3. The van der Waals surface area contributed by atoms with Crippen LogP contribution in [0.2, 0.25) is 0 Å². The van der Waals surface area contributed by atoms with Crippen LogP contribution in [0.4, 0.5) is 4.39 Å². The molecular weight excluding hydrogens is 381 g/mol. The van der Waals surface area contributed by atoms with Crippen LogP contribution in [0.1, 0.15) is 5.69 Å². The highest BCUT2D eigenvalue weighted by molar-refractivity contribution is 7.89. The highest BCUT2D eigenvalue weighted by Crippen LogP contribution is 2.20. The van der Waals surface area contributed by atoms with Crippen LogP contribution in [0, 0.1) is 12.7 Å². The molecule has 0 N–H and O–H groups in total. The van der Waals surface area contributed by atoms with E-state index in [1.165, 1.54) is 32.0 Å². The van der Waals surface area contributed by atoms with E-state index in [0.29, 0.717) is 5.69 Å². The van der Waals surface area contributed by atoms with Crippen molar-refractivity contribution in [3.63, 3.8) is 0 Å². The lowest BCUT2D eigenvalue weighted by Gasteiger charge is -2.34. The van der Waals surface area contributed by atoms with Gasteiger partial charge in [-0.1, -0.05) is 23.5 Å². The number of carbonyl (C=O) groups excluding carboxylic acids is 1. The minimum absolute atomic E-state index is 0.0613. The molecule has 1 aliphatic heterocycles. The van der Waals surface area contributed by atoms with E-state index in [1.54, 1.807) is 12.3 Å². The summed E-state index contributed by atoms with van der Waals surface area (Å²) < 4.78 is 41.5. The van der Waals surface area contributed by atoms with Gasteiger partial charge in [-0.15, -0.1) is 0 Å². The monoisotopic (exact) mass is 399 g/mol. The van der Waals surface area contributed by atoms with Gasteiger partial charge >= 0.3 is 4.87 Å². The molecule has 3 rings (SSSR count). The van der Waals surface area contributed by atoms with Gasteiger partial charge in [-0.3, -0.25) is 14.2 Å². The molecular formula is C16H18FN3O4S2. The van der Waals surface area contributed by atoms with Gasteiger partial charge in [0.05, 0.1) is 0 Å². The second kappa shape index (κ2) is 7.29. The molecule has 0 spiro atoms. The summed E-state index contributed by atoms with van der Waals surface area (Å²) in [5.41, 5.74) is 0.717. The Balaban J connectivity index is 1.67. The average Bonchev–Trinajstić information content (AvgIpc) is 2.94. The number of rotatable bonds is 4. The second-order valence-electron chi connectivity index (χ2n) is 5.94. The highest BCUT2D eigenvalue weighted by Gasteiger charge is 2.31. The smallest absolute Gasteiger partial charge is 0.307 e. The number of hydrogen-bond donors (Lipinski definition) is 0. The summed E-state index contributed by atoms with van der Waals surface area (Å²) in [4.78, 5) is 25.1. The number of halogens is 1. The van der Waals surface area contributed by atoms with Gasteiger partial charge < -0.3 is 4.90 Å². The third kappa shape index (κ3) is 3.57. The summed E-state index contributed by atoms with van der Waals surface area (Å²) in [6, 6.07) is 5.23. The molecule has 1 saturated heterocycles. The number of sulfonamides is 1. The number of amides is 1. The number of hydrogen-bond acceptors (Lipinski definition) is 5. The van der Waals surface area contributed by atoms with Crippen LogP contribution < -0.4 is 4.87 Å². The molecule has 1 amide bonds. The van der Waals surface area contributed by atoms with E-state index in [4.69, 9.17) is 0 Å². The van der Waals surface area contributed by atoms with Crippen molar-refractivity contribution >= 4 is 27.3 Å². The van der Waals surface area contributed by atoms with Crippen molar-refractivity contribution in [3.8, 4) is 0 Å². The Morgan fingerprint density at radius 1 is 1.19 bits per heavy atom. The zero-order valence-corrected chi connectivity index (χ0v) is 15.7. The normalized spacial score (nSPS) is 16.0. The number of aromatic nitrogens is 1. The SMILES string of the molecule is Cc1csc(=O)n1CC(=O)N1CCN(S(=O)(=O)c2ccccc2F)CC1. The van der Waals surface area contributed by atoms with E-state index in [1.807, 2.05) is 0 Å². The van der Waals surface area contributed by atoms with Crippen LogP contribution in [0.3, 0.4) is 0 Å². The number of benzene rings is 1. The standard InChI is InChI=1S/C16H18FN3O4S2/c1-12-11-25-16(22)20(12)10-15(21)18-6-8-19(9-7-18)26(23,24)14-5-3-2-4-13(14)17/h2-5,11H,6-10H2,1H3. The molecule has 1 aromatic carbocycles. The molecule has 0 aliphatic carbocycles. The molecule has 0 radical (unpaired) electrons. The van der Waals surface area contributed by atoms with Gasteiger partial charge in [0.25, 0.3) is 0 Å². The van der Waals surface area contributed by atoms with Crippen LogP contribution in [-0.2, 0) is 21.4 Å². The van der Waals surface area contributed by atoms with Gasteiger partial charge in [0.1, 0.15) is 17.3 Å². The van der Waals surface area contributed by atoms with Crippen molar-refractivity contribution in [1.29, 1.82) is 0 Å². The molecule has 7 nitrogen and oxygen atoms in total. The Hall–Kier alpha value is -2.04. The van der Waals surface area contributed by atoms with Gasteiger partial charge in [0.15, 0.2) is 0 Å². The van der Waals surface area contributed by atoms with Crippen molar-refractivity contribution < 1.29 is 17.6 Å². The van der Waals surface area contributed by atoms with Crippen LogP contribution in [0.25, 0.3) is 0 Å². The first-order valence-corrected chi connectivity index (χ1v) is 10.3. The summed E-state index contributed by atoms with van der Waals surface area (Å²) in [5.74, 6) is -1.03. The number of thiazole rings is 1. The van der Waals surface area contributed by atoms with Crippen molar-refractivity contribution in [2.45, 2.75) is 18.4 Å². The van der Waals surface area contributed by atoms with E-state index < -0.39 is 15.8 Å². The van der Waals surface area contributed by atoms with Crippen molar-refractivity contribution in [2.24, 2.45) is 0 Å². The lowest BCUT2D eigenvalue weighted by molar-refractivity contribution is -0.133. The maximum atomic E-state index is 13.8. The van der Waals surface area contributed by atoms with Gasteiger partial charge in [-0.05, 0) is 19.1 Å². The van der Waals surface area contributed by atoms with E-state index in [2.05, 4.69) is 0 Å². The topological polar surface area (TPSA) is 79.7 Å². The number of nitrogens with zero attached hydrogens (tertiary/aromatic N) is 3. The largest absolute Gasteiger partial charge is 0.338 e. The third-order valence-corrected chi connectivity index (χ3v) is 7.13. The second-order valence-corrected chi connectivity index (χ2v) is 8.67. The summed E-state index contributed by atoms with van der Waals surface area (Å²) in [6.45, 7) is 2.26. The summed E-state index contributed by atoms with van der Waals surface area (Å²) in [7, 11) is -3.94. The van der Waals surface area contributed by atoms with E-state index in [9.17, 15) is 22.4 Å². The highest BCUT2D eigenvalue weighted by atomic mass is 32.2. The lowest BCUT2D eigenvalue weighted by Crippen LogP contribution is -2.51. The third-order valence-electron chi connectivity index (χ3n) is 4.32. The number of piperazine rings is 1. The van der Waals surface area contributed by atoms with Crippen LogP contribution >= 0.6 is 11.3 Å². The molecule has 2 aromatic rings. The van der Waals surface area contributed by atoms with E-state index >= 15 is 0 Å². The summed E-state index contributed by atoms with van der Waals surface area (Å²) in [5, 5.41) is 1.69. The molecule has 1 fully saturated rings. The molecule has 2 heterocycles. The van der Waals surface area contributed by atoms with Gasteiger partial charge in [0, 0.05) is 37.3 Å². The van der Waals surface area contributed by atoms with Crippen LogP contribution in [0.5, 0.6) is 0 Å². The number of carbonyl (C=O) groups is 1. The van der Waals surface area contributed by atoms with Crippen molar-refractivity contribution in [2.75, 3.05) is 26.2 Å². The fraction of sp³-hybridized carbons (Fsp3) is 0.375. The van der Waals surface area contributed by atoms with Gasteiger partial charge in [-0.25, -0.2) is 12.8 Å². The first-order valence-electron chi connectivity index (χ1n) is 7.98. The molecule has 140 valence electrons. The fourth-order valence-corrected chi connectivity index (χ4v) is 5.02. The molecule has 26 heavy (non-hydrogen) atoms. The van der Waals surface area contributed by atoms with E-state index in [0.717, 1.165) is 17.4 Å². The van der Waals surface area contributed by atoms with Crippen molar-refractivity contribution in [1.82, 2.24) is 13.8 Å². The minimum Gasteiger partial charge on any atom is -0.338 e.